The summed E-state index contributed by atoms with van der Waals surface area (Å²) in [4.78, 5) is 33.8. The largest absolute Gasteiger partial charge is 0.507 e. The predicted octanol–water partition coefficient (Wildman–Crippen LogP) is 1.65. The Balaban J connectivity index is 2.09. The summed E-state index contributed by atoms with van der Waals surface area (Å²) in [6.45, 7) is 1.22. The molecule has 2 rings (SSSR count). The van der Waals surface area contributed by atoms with E-state index in [-0.39, 0.29) is 23.4 Å². The molecule has 4 N–H and O–H groups in total. The topological polar surface area (TPSA) is 133 Å². The van der Waals surface area contributed by atoms with E-state index in [2.05, 4.69) is 5.32 Å². The number of carbonyl (C=O) groups excluding carboxylic acids is 2. The van der Waals surface area contributed by atoms with E-state index < -0.39 is 29.3 Å². The van der Waals surface area contributed by atoms with Crippen LogP contribution < -0.4 is 10.1 Å². The van der Waals surface area contributed by atoms with Crippen LogP contribution >= 0.6 is 0 Å². The van der Waals surface area contributed by atoms with Gasteiger partial charge in [0.15, 0.2) is 11.5 Å². The molecule has 0 saturated heterocycles. The Labute approximate surface area is 142 Å². The number of hydrogen-bond donors (Lipinski definition) is 4. The Morgan fingerprint density at radius 1 is 1.04 bits per heavy atom. The second kappa shape index (κ2) is 7.35. The van der Waals surface area contributed by atoms with Gasteiger partial charge in [-0.05, 0) is 17.7 Å². The highest BCUT2D eigenvalue weighted by Gasteiger charge is 2.17. The molecular formula is C17H15NO7. The van der Waals surface area contributed by atoms with Gasteiger partial charge in [-0.2, -0.15) is 0 Å². The van der Waals surface area contributed by atoms with E-state index in [0.29, 0.717) is 5.56 Å². The molecule has 0 spiro atoms. The van der Waals surface area contributed by atoms with Gasteiger partial charge in [0, 0.05) is 25.6 Å². The zero-order valence-corrected chi connectivity index (χ0v) is 13.1. The third-order valence-electron chi connectivity index (χ3n) is 3.23. The van der Waals surface area contributed by atoms with Gasteiger partial charge in [0.1, 0.15) is 5.75 Å². The first-order valence-electron chi connectivity index (χ1n) is 7.12. The second-order valence-corrected chi connectivity index (χ2v) is 5.12. The number of aromatic carboxylic acids is 1. The molecule has 25 heavy (non-hydrogen) atoms. The van der Waals surface area contributed by atoms with E-state index >= 15 is 0 Å². The maximum atomic E-state index is 12.1. The van der Waals surface area contributed by atoms with Crippen molar-refractivity contribution in [1.29, 1.82) is 0 Å². The Bertz CT molecular complexity index is 828. The number of carboxylic acids is 1. The lowest BCUT2D eigenvalue weighted by molar-refractivity contribution is -0.132. The van der Waals surface area contributed by atoms with Crippen LogP contribution in [0.15, 0.2) is 36.4 Å². The summed E-state index contributed by atoms with van der Waals surface area (Å²) < 4.78 is 4.69. The van der Waals surface area contributed by atoms with Gasteiger partial charge in [-0.15, -0.1) is 0 Å². The van der Waals surface area contributed by atoms with E-state index in [1.165, 1.54) is 12.1 Å². The summed E-state index contributed by atoms with van der Waals surface area (Å²) in [5, 5.41) is 31.0. The number of carbonyl (C=O) groups is 3. The van der Waals surface area contributed by atoms with Crippen molar-refractivity contribution in [2.45, 2.75) is 13.5 Å². The number of hydrogen-bond acceptors (Lipinski definition) is 6. The van der Waals surface area contributed by atoms with Gasteiger partial charge < -0.3 is 25.4 Å². The molecule has 0 radical (unpaired) electrons. The lowest BCUT2D eigenvalue weighted by atomic mass is 10.1. The van der Waals surface area contributed by atoms with Gasteiger partial charge >= 0.3 is 11.9 Å². The number of esters is 1. The van der Waals surface area contributed by atoms with Crippen LogP contribution in [0.5, 0.6) is 17.2 Å². The molecule has 2 aromatic carbocycles. The van der Waals surface area contributed by atoms with Crippen LogP contribution in [0, 0.1) is 0 Å². The molecular weight excluding hydrogens is 330 g/mol. The number of benzene rings is 2. The third kappa shape index (κ3) is 4.47. The van der Waals surface area contributed by atoms with Crippen LogP contribution in [0.4, 0.5) is 0 Å². The van der Waals surface area contributed by atoms with E-state index in [1.807, 2.05) is 0 Å². The number of phenolic OH excluding ortho intramolecular Hbond substituents is 2. The molecule has 0 aliphatic carbocycles. The zero-order valence-electron chi connectivity index (χ0n) is 13.1. The summed E-state index contributed by atoms with van der Waals surface area (Å²) in [5.74, 6) is -3.59. The lowest BCUT2D eigenvalue weighted by Gasteiger charge is -2.10. The van der Waals surface area contributed by atoms with Crippen LogP contribution in [0.3, 0.4) is 0 Å². The summed E-state index contributed by atoms with van der Waals surface area (Å²) in [6.07, 6.45) is 0. The molecule has 0 aliphatic rings. The van der Waals surface area contributed by atoms with E-state index in [1.54, 1.807) is 12.1 Å². The quantitative estimate of drug-likeness (QED) is 0.368. The van der Waals surface area contributed by atoms with Gasteiger partial charge in [-0.25, -0.2) is 4.79 Å². The highest BCUT2D eigenvalue weighted by molar-refractivity contribution is 5.97. The average molecular weight is 345 g/mol. The summed E-state index contributed by atoms with van der Waals surface area (Å²) in [5.41, 5.74) is 0.577. The van der Waals surface area contributed by atoms with Crippen molar-refractivity contribution in [2.75, 3.05) is 0 Å². The summed E-state index contributed by atoms with van der Waals surface area (Å²) in [7, 11) is 0. The molecule has 0 aliphatic heterocycles. The number of rotatable bonds is 5. The Kier molecular flexibility index (Phi) is 5.23. The number of aromatic hydroxyl groups is 2. The highest BCUT2D eigenvalue weighted by Crippen LogP contribution is 2.33. The van der Waals surface area contributed by atoms with E-state index in [9.17, 15) is 24.6 Å². The minimum atomic E-state index is -1.05. The third-order valence-corrected chi connectivity index (χ3v) is 3.23. The predicted molar refractivity (Wildman–Crippen MR) is 85.7 cm³/mol. The molecule has 1 amide bonds. The minimum absolute atomic E-state index is 0.0879. The van der Waals surface area contributed by atoms with Gasteiger partial charge in [0.2, 0.25) is 0 Å². The fourth-order valence-electron chi connectivity index (χ4n) is 2.02. The van der Waals surface area contributed by atoms with E-state index in [4.69, 9.17) is 9.84 Å². The molecule has 2 aromatic rings. The first-order valence-corrected chi connectivity index (χ1v) is 7.12. The normalized spacial score (nSPS) is 10.1. The SMILES string of the molecule is CC(=O)Oc1cc(O)c(C(=O)NCc2ccc(C(=O)O)cc2)cc1O. The Morgan fingerprint density at radius 3 is 2.24 bits per heavy atom. The van der Waals surface area contributed by atoms with Crippen molar-refractivity contribution >= 4 is 17.8 Å². The lowest BCUT2D eigenvalue weighted by Crippen LogP contribution is -2.23. The van der Waals surface area contributed by atoms with Crippen molar-refractivity contribution in [3.8, 4) is 17.2 Å². The van der Waals surface area contributed by atoms with Crippen molar-refractivity contribution < 1.29 is 34.4 Å². The molecule has 0 atom stereocenters. The summed E-state index contributed by atoms with van der Waals surface area (Å²) >= 11 is 0. The van der Waals surface area contributed by atoms with Crippen LogP contribution in [0.2, 0.25) is 0 Å². The van der Waals surface area contributed by atoms with Crippen LogP contribution in [0.1, 0.15) is 33.2 Å². The number of amides is 1. The molecule has 0 bridgehead atoms. The number of ether oxygens (including phenoxy) is 1. The molecule has 0 heterocycles. The van der Waals surface area contributed by atoms with Crippen molar-refractivity contribution in [2.24, 2.45) is 0 Å². The summed E-state index contributed by atoms with van der Waals surface area (Å²) in [6, 6.07) is 7.85. The molecule has 0 saturated carbocycles. The van der Waals surface area contributed by atoms with Crippen LogP contribution in [0.25, 0.3) is 0 Å². The standard InChI is InChI=1S/C17H15NO7/c1-9(19)25-15-7-13(20)12(6-14(15)21)16(22)18-8-10-2-4-11(5-3-10)17(23)24/h2-7,20-21H,8H2,1H3,(H,18,22)(H,23,24). The maximum absolute atomic E-state index is 12.1. The molecule has 130 valence electrons. The molecule has 8 nitrogen and oxygen atoms in total. The first kappa shape index (κ1) is 17.8. The monoisotopic (exact) mass is 345 g/mol. The smallest absolute Gasteiger partial charge is 0.335 e. The molecule has 0 aromatic heterocycles. The second-order valence-electron chi connectivity index (χ2n) is 5.12. The molecule has 0 unspecified atom stereocenters. The van der Waals surface area contributed by atoms with Gasteiger partial charge in [-0.1, -0.05) is 12.1 Å². The van der Waals surface area contributed by atoms with Crippen molar-refractivity contribution in [3.63, 3.8) is 0 Å². The van der Waals surface area contributed by atoms with Crippen molar-refractivity contribution in [1.82, 2.24) is 5.32 Å². The minimum Gasteiger partial charge on any atom is -0.507 e. The van der Waals surface area contributed by atoms with Crippen LogP contribution in [-0.4, -0.2) is 33.2 Å². The fourth-order valence-corrected chi connectivity index (χ4v) is 2.02. The van der Waals surface area contributed by atoms with E-state index in [0.717, 1.165) is 19.1 Å². The zero-order chi connectivity index (χ0) is 18.6. The van der Waals surface area contributed by atoms with Gasteiger partial charge in [0.25, 0.3) is 5.91 Å². The number of nitrogens with one attached hydrogen (secondary N) is 1. The van der Waals surface area contributed by atoms with Crippen LogP contribution in [-0.2, 0) is 11.3 Å². The number of carboxylic acid groups (broad SMARTS) is 1. The highest BCUT2D eigenvalue weighted by atomic mass is 16.5. The molecule has 0 fully saturated rings. The molecule has 8 heteroatoms. The van der Waals surface area contributed by atoms with Gasteiger partial charge in [-0.3, -0.25) is 9.59 Å². The maximum Gasteiger partial charge on any atom is 0.335 e. The van der Waals surface area contributed by atoms with Gasteiger partial charge in [0.05, 0.1) is 11.1 Å². The first-order chi connectivity index (χ1) is 11.8. The van der Waals surface area contributed by atoms with Crippen molar-refractivity contribution in [3.05, 3.63) is 53.1 Å². The number of phenols is 2. The Hall–Kier alpha value is -3.55. The fraction of sp³-hybridized carbons (Fsp3) is 0.118. The Morgan fingerprint density at radius 2 is 1.68 bits per heavy atom. The average Bonchev–Trinajstić information content (AvgIpc) is 2.55.